The van der Waals surface area contributed by atoms with Crippen molar-refractivity contribution in [3.8, 4) is 5.75 Å². The smallest absolute Gasteiger partial charge is 0.335 e. The van der Waals surface area contributed by atoms with E-state index >= 15 is 0 Å². The van der Waals surface area contributed by atoms with Crippen LogP contribution in [-0.4, -0.2) is 23.1 Å². The topological polar surface area (TPSA) is 66.8 Å². The van der Waals surface area contributed by atoms with E-state index in [1.165, 1.54) is 12.1 Å². The van der Waals surface area contributed by atoms with Gasteiger partial charge in [-0.05, 0) is 36.8 Å². The Morgan fingerprint density at radius 1 is 1.18 bits per heavy atom. The van der Waals surface area contributed by atoms with E-state index in [1.54, 1.807) is 24.0 Å². The molecule has 0 fully saturated rings. The number of fused-ring (bicyclic) bond motifs is 1. The number of ether oxygens (including phenoxy) is 1. The van der Waals surface area contributed by atoms with Crippen LogP contribution in [-0.2, 0) is 11.3 Å². The Hall–Kier alpha value is -2.82. The first kappa shape index (κ1) is 14.1. The Balaban J connectivity index is 1.90. The SMILES string of the molecule is CC1Oc2ccccc2N(Cc2ccc(C(=O)O)cc2)C1=O. The predicted molar refractivity (Wildman–Crippen MR) is 81.1 cm³/mol. The number of hydrogen-bond donors (Lipinski definition) is 1. The number of rotatable bonds is 3. The molecule has 0 spiro atoms. The van der Waals surface area contributed by atoms with Gasteiger partial charge < -0.3 is 14.7 Å². The Morgan fingerprint density at radius 3 is 2.55 bits per heavy atom. The van der Waals surface area contributed by atoms with Crippen molar-refractivity contribution in [2.75, 3.05) is 4.90 Å². The summed E-state index contributed by atoms with van der Waals surface area (Å²) in [6, 6.07) is 13.9. The number of para-hydroxylation sites is 2. The normalized spacial score (nSPS) is 16.9. The minimum Gasteiger partial charge on any atom is -0.479 e. The molecule has 112 valence electrons. The van der Waals surface area contributed by atoms with Gasteiger partial charge in [-0.3, -0.25) is 4.79 Å². The van der Waals surface area contributed by atoms with Crippen LogP contribution in [0.1, 0.15) is 22.8 Å². The highest BCUT2D eigenvalue weighted by Crippen LogP contribution is 2.34. The number of benzene rings is 2. The van der Waals surface area contributed by atoms with Crippen LogP contribution in [0.4, 0.5) is 5.69 Å². The van der Waals surface area contributed by atoms with Gasteiger partial charge in [-0.25, -0.2) is 4.79 Å². The van der Waals surface area contributed by atoms with Crippen LogP contribution in [0.3, 0.4) is 0 Å². The third kappa shape index (κ3) is 2.53. The molecule has 1 aliphatic rings. The summed E-state index contributed by atoms with van der Waals surface area (Å²) in [6.07, 6.45) is -0.534. The van der Waals surface area contributed by atoms with Crippen molar-refractivity contribution in [3.05, 3.63) is 59.7 Å². The van der Waals surface area contributed by atoms with Crippen molar-refractivity contribution in [2.24, 2.45) is 0 Å². The van der Waals surface area contributed by atoms with Crippen LogP contribution in [0.25, 0.3) is 0 Å². The van der Waals surface area contributed by atoms with Gasteiger partial charge in [0.05, 0.1) is 17.8 Å². The second kappa shape index (κ2) is 5.52. The number of hydrogen-bond acceptors (Lipinski definition) is 3. The molecule has 0 saturated heterocycles. The van der Waals surface area contributed by atoms with E-state index in [1.807, 2.05) is 24.3 Å². The van der Waals surface area contributed by atoms with E-state index in [2.05, 4.69) is 0 Å². The zero-order valence-electron chi connectivity index (χ0n) is 12.0. The first-order chi connectivity index (χ1) is 10.6. The molecule has 1 unspecified atom stereocenters. The van der Waals surface area contributed by atoms with Crippen molar-refractivity contribution in [1.29, 1.82) is 0 Å². The number of aromatic carboxylic acids is 1. The Morgan fingerprint density at radius 2 is 1.86 bits per heavy atom. The average Bonchev–Trinajstić information content (AvgIpc) is 2.52. The van der Waals surface area contributed by atoms with Crippen molar-refractivity contribution >= 4 is 17.6 Å². The van der Waals surface area contributed by atoms with Gasteiger partial charge >= 0.3 is 5.97 Å². The fraction of sp³-hybridized carbons (Fsp3) is 0.176. The largest absolute Gasteiger partial charge is 0.479 e. The molecule has 3 rings (SSSR count). The molecule has 1 atom stereocenters. The van der Waals surface area contributed by atoms with Crippen LogP contribution < -0.4 is 9.64 Å². The Bertz CT molecular complexity index is 724. The highest BCUT2D eigenvalue weighted by molar-refractivity contribution is 5.99. The molecule has 5 heteroatoms. The van der Waals surface area contributed by atoms with Crippen molar-refractivity contribution in [2.45, 2.75) is 19.6 Å². The second-order valence-electron chi connectivity index (χ2n) is 5.15. The van der Waals surface area contributed by atoms with Crippen LogP contribution in [0, 0.1) is 0 Å². The molecule has 0 radical (unpaired) electrons. The Labute approximate surface area is 127 Å². The molecule has 1 amide bonds. The summed E-state index contributed by atoms with van der Waals surface area (Å²) >= 11 is 0. The van der Waals surface area contributed by atoms with Crippen LogP contribution in [0.5, 0.6) is 5.75 Å². The van der Waals surface area contributed by atoms with E-state index in [0.717, 1.165) is 11.3 Å². The lowest BCUT2D eigenvalue weighted by molar-refractivity contribution is -0.125. The summed E-state index contributed by atoms with van der Waals surface area (Å²) in [6.45, 7) is 2.10. The summed E-state index contributed by atoms with van der Waals surface area (Å²) in [5.74, 6) is -0.397. The quantitative estimate of drug-likeness (QED) is 0.946. The van der Waals surface area contributed by atoms with Gasteiger partial charge in [0, 0.05) is 0 Å². The summed E-state index contributed by atoms with van der Waals surface area (Å²) in [4.78, 5) is 24.9. The zero-order chi connectivity index (χ0) is 15.7. The first-order valence-corrected chi connectivity index (χ1v) is 6.95. The molecule has 1 N–H and O–H groups in total. The zero-order valence-corrected chi connectivity index (χ0v) is 12.0. The van der Waals surface area contributed by atoms with Crippen molar-refractivity contribution in [3.63, 3.8) is 0 Å². The fourth-order valence-corrected chi connectivity index (χ4v) is 2.46. The molecular formula is C17H15NO4. The van der Waals surface area contributed by atoms with E-state index in [9.17, 15) is 9.59 Å². The van der Waals surface area contributed by atoms with E-state index in [0.29, 0.717) is 12.3 Å². The fourth-order valence-electron chi connectivity index (χ4n) is 2.46. The lowest BCUT2D eigenvalue weighted by Crippen LogP contribution is -2.43. The molecule has 0 aliphatic carbocycles. The van der Waals surface area contributed by atoms with Crippen LogP contribution >= 0.6 is 0 Å². The Kier molecular flexibility index (Phi) is 3.55. The maximum atomic E-state index is 12.4. The summed E-state index contributed by atoms with van der Waals surface area (Å²) in [7, 11) is 0. The van der Waals surface area contributed by atoms with Gasteiger partial charge in [0.1, 0.15) is 5.75 Å². The first-order valence-electron chi connectivity index (χ1n) is 6.95. The van der Waals surface area contributed by atoms with E-state index in [4.69, 9.17) is 9.84 Å². The summed E-state index contributed by atoms with van der Waals surface area (Å²) in [5.41, 5.74) is 1.82. The number of anilines is 1. The van der Waals surface area contributed by atoms with Gasteiger partial charge in [0.2, 0.25) is 0 Å². The molecule has 0 saturated carbocycles. The molecule has 22 heavy (non-hydrogen) atoms. The number of carbonyl (C=O) groups is 2. The lowest BCUT2D eigenvalue weighted by Gasteiger charge is -2.33. The maximum Gasteiger partial charge on any atom is 0.335 e. The number of carboxylic acids is 1. The molecule has 2 aromatic carbocycles. The molecule has 0 bridgehead atoms. The van der Waals surface area contributed by atoms with Crippen molar-refractivity contribution in [1.82, 2.24) is 0 Å². The van der Waals surface area contributed by atoms with Gasteiger partial charge in [0.15, 0.2) is 6.10 Å². The number of carboxylic acid groups (broad SMARTS) is 1. The highest BCUT2D eigenvalue weighted by Gasteiger charge is 2.31. The van der Waals surface area contributed by atoms with Gasteiger partial charge in [-0.15, -0.1) is 0 Å². The molecule has 5 nitrogen and oxygen atoms in total. The molecule has 1 aliphatic heterocycles. The van der Waals surface area contributed by atoms with Crippen molar-refractivity contribution < 1.29 is 19.4 Å². The molecule has 0 aromatic heterocycles. The summed E-state index contributed by atoms with van der Waals surface area (Å²) < 4.78 is 5.59. The number of nitrogens with zero attached hydrogens (tertiary/aromatic N) is 1. The van der Waals surface area contributed by atoms with E-state index < -0.39 is 12.1 Å². The summed E-state index contributed by atoms with van der Waals surface area (Å²) in [5, 5.41) is 8.92. The van der Waals surface area contributed by atoms with Crippen LogP contribution in [0.2, 0.25) is 0 Å². The van der Waals surface area contributed by atoms with E-state index in [-0.39, 0.29) is 11.5 Å². The lowest BCUT2D eigenvalue weighted by atomic mass is 10.1. The number of carbonyl (C=O) groups excluding carboxylic acids is 1. The third-order valence-electron chi connectivity index (χ3n) is 3.62. The van der Waals surface area contributed by atoms with Gasteiger partial charge in [0.25, 0.3) is 5.91 Å². The average molecular weight is 297 g/mol. The minimum atomic E-state index is -0.965. The monoisotopic (exact) mass is 297 g/mol. The van der Waals surface area contributed by atoms with Gasteiger partial charge in [-0.2, -0.15) is 0 Å². The molecule has 2 aromatic rings. The molecular weight excluding hydrogens is 282 g/mol. The molecule has 1 heterocycles. The van der Waals surface area contributed by atoms with Gasteiger partial charge in [-0.1, -0.05) is 24.3 Å². The maximum absolute atomic E-state index is 12.4. The highest BCUT2D eigenvalue weighted by atomic mass is 16.5. The van der Waals surface area contributed by atoms with Crippen LogP contribution in [0.15, 0.2) is 48.5 Å². The minimum absolute atomic E-state index is 0.110. The third-order valence-corrected chi connectivity index (χ3v) is 3.62. The standard InChI is InChI=1S/C17H15NO4/c1-11-16(19)18(14-4-2-3-5-15(14)22-11)10-12-6-8-13(9-7-12)17(20)21/h2-9,11H,10H2,1H3,(H,20,21). The number of amides is 1. The second-order valence-corrected chi connectivity index (χ2v) is 5.15. The predicted octanol–water partition coefficient (Wildman–Crippen LogP) is 2.70.